The topological polar surface area (TPSA) is 27.7 Å². The average Bonchev–Trinajstić information content (AvgIpc) is 2.73. The van der Waals surface area contributed by atoms with Crippen molar-refractivity contribution in [2.24, 2.45) is 0 Å². The third-order valence-electron chi connectivity index (χ3n) is 5.48. The number of hydrogen-bond donors (Lipinski definition) is 0. The molecule has 140 valence electrons. The van der Waals surface area contributed by atoms with Crippen molar-refractivity contribution in [3.05, 3.63) is 77.9 Å². The predicted molar refractivity (Wildman–Crippen MR) is 108 cm³/mol. The Balaban J connectivity index is 1.44. The SMILES string of the molecule is COC1(Cc2cccc(OCc3ccc4ccccc4c3)c2)CCOCC1. The monoisotopic (exact) mass is 362 g/mol. The number of ether oxygens (including phenoxy) is 3. The molecule has 0 N–H and O–H groups in total. The van der Waals surface area contributed by atoms with Gasteiger partial charge in [-0.1, -0.05) is 48.5 Å². The maximum absolute atomic E-state index is 6.07. The molecule has 1 heterocycles. The molecule has 0 saturated carbocycles. The second-order valence-electron chi connectivity index (χ2n) is 7.29. The summed E-state index contributed by atoms with van der Waals surface area (Å²) in [6.07, 6.45) is 2.76. The van der Waals surface area contributed by atoms with Crippen molar-refractivity contribution >= 4 is 10.8 Å². The third kappa shape index (κ3) is 4.32. The quantitative estimate of drug-likeness (QED) is 0.606. The molecule has 1 aliphatic heterocycles. The van der Waals surface area contributed by atoms with Gasteiger partial charge >= 0.3 is 0 Å². The van der Waals surface area contributed by atoms with Crippen molar-refractivity contribution in [1.29, 1.82) is 0 Å². The summed E-state index contributed by atoms with van der Waals surface area (Å²) in [7, 11) is 1.81. The van der Waals surface area contributed by atoms with Crippen molar-refractivity contribution in [3.8, 4) is 5.75 Å². The summed E-state index contributed by atoms with van der Waals surface area (Å²) >= 11 is 0. The fourth-order valence-corrected chi connectivity index (χ4v) is 3.81. The van der Waals surface area contributed by atoms with Crippen molar-refractivity contribution in [1.82, 2.24) is 0 Å². The average molecular weight is 362 g/mol. The smallest absolute Gasteiger partial charge is 0.120 e. The molecule has 1 fully saturated rings. The number of methoxy groups -OCH3 is 1. The van der Waals surface area contributed by atoms with Crippen molar-refractivity contribution in [3.63, 3.8) is 0 Å². The lowest BCUT2D eigenvalue weighted by molar-refractivity contribution is -0.0888. The molecule has 0 aromatic heterocycles. The molecule has 3 aromatic rings. The van der Waals surface area contributed by atoms with Gasteiger partial charge in [0, 0.05) is 39.6 Å². The summed E-state index contributed by atoms with van der Waals surface area (Å²) < 4.78 is 17.4. The molecule has 3 aromatic carbocycles. The first-order valence-electron chi connectivity index (χ1n) is 9.59. The Labute approximate surface area is 160 Å². The molecular weight excluding hydrogens is 336 g/mol. The van der Waals surface area contributed by atoms with Gasteiger partial charge in [0.25, 0.3) is 0 Å². The molecule has 3 heteroatoms. The van der Waals surface area contributed by atoms with E-state index < -0.39 is 0 Å². The van der Waals surface area contributed by atoms with Crippen LogP contribution in [0.15, 0.2) is 66.7 Å². The summed E-state index contributed by atoms with van der Waals surface area (Å²) in [6, 6.07) is 23.3. The normalized spacial score (nSPS) is 16.3. The van der Waals surface area contributed by atoms with Crippen LogP contribution in [0.25, 0.3) is 10.8 Å². The van der Waals surface area contributed by atoms with Gasteiger partial charge in [0.2, 0.25) is 0 Å². The Morgan fingerprint density at radius 1 is 0.852 bits per heavy atom. The van der Waals surface area contributed by atoms with Crippen molar-refractivity contribution < 1.29 is 14.2 Å². The van der Waals surface area contributed by atoms with Crippen LogP contribution < -0.4 is 4.74 Å². The fraction of sp³-hybridized carbons (Fsp3) is 0.333. The van der Waals surface area contributed by atoms with Gasteiger partial charge in [-0.15, -0.1) is 0 Å². The van der Waals surface area contributed by atoms with Crippen LogP contribution in [0, 0.1) is 0 Å². The van der Waals surface area contributed by atoms with Gasteiger partial charge in [0.1, 0.15) is 12.4 Å². The van der Waals surface area contributed by atoms with E-state index in [1.165, 1.54) is 21.9 Å². The molecule has 1 aliphatic rings. The lowest BCUT2D eigenvalue weighted by Gasteiger charge is -2.36. The summed E-state index contributed by atoms with van der Waals surface area (Å²) in [6.45, 7) is 2.11. The van der Waals surface area contributed by atoms with Crippen LogP contribution >= 0.6 is 0 Å². The largest absolute Gasteiger partial charge is 0.489 e. The van der Waals surface area contributed by atoms with Crippen LogP contribution in [-0.4, -0.2) is 25.9 Å². The van der Waals surface area contributed by atoms with E-state index in [9.17, 15) is 0 Å². The first-order chi connectivity index (χ1) is 13.3. The number of fused-ring (bicyclic) bond motifs is 1. The van der Waals surface area contributed by atoms with Crippen LogP contribution in [0.2, 0.25) is 0 Å². The first-order valence-corrected chi connectivity index (χ1v) is 9.59. The van der Waals surface area contributed by atoms with Gasteiger partial charge in [-0.3, -0.25) is 0 Å². The molecule has 0 bridgehead atoms. The molecule has 27 heavy (non-hydrogen) atoms. The number of hydrogen-bond acceptors (Lipinski definition) is 3. The van der Waals surface area contributed by atoms with E-state index in [0.717, 1.165) is 38.2 Å². The molecular formula is C24H26O3. The molecule has 1 saturated heterocycles. The van der Waals surface area contributed by atoms with E-state index in [1.807, 2.05) is 13.2 Å². The van der Waals surface area contributed by atoms with E-state index in [4.69, 9.17) is 14.2 Å². The minimum absolute atomic E-state index is 0.116. The third-order valence-corrected chi connectivity index (χ3v) is 5.48. The zero-order valence-electron chi connectivity index (χ0n) is 15.8. The van der Waals surface area contributed by atoms with E-state index in [-0.39, 0.29) is 5.60 Å². The molecule has 4 rings (SSSR count). The van der Waals surface area contributed by atoms with Crippen LogP contribution in [0.5, 0.6) is 5.75 Å². The van der Waals surface area contributed by atoms with Crippen LogP contribution in [0.4, 0.5) is 0 Å². The van der Waals surface area contributed by atoms with E-state index in [2.05, 4.69) is 60.7 Å². The predicted octanol–water partition coefficient (Wildman–Crippen LogP) is 5.16. The van der Waals surface area contributed by atoms with Crippen molar-refractivity contribution in [2.45, 2.75) is 31.5 Å². The van der Waals surface area contributed by atoms with Crippen LogP contribution in [0.3, 0.4) is 0 Å². The maximum Gasteiger partial charge on any atom is 0.120 e. The highest BCUT2D eigenvalue weighted by molar-refractivity contribution is 5.82. The standard InChI is InChI=1S/C24H26O3/c1-25-24(11-13-26-14-12-24)17-19-5-4-8-23(16-19)27-18-20-9-10-21-6-2-3-7-22(21)15-20/h2-10,15-16H,11-14,17-18H2,1H3. The Hall–Kier alpha value is -2.36. The van der Waals surface area contributed by atoms with Crippen molar-refractivity contribution in [2.75, 3.05) is 20.3 Å². The molecule has 0 amide bonds. The maximum atomic E-state index is 6.07. The summed E-state index contributed by atoms with van der Waals surface area (Å²) in [5.41, 5.74) is 2.31. The first kappa shape index (κ1) is 18.0. The van der Waals surface area contributed by atoms with Gasteiger partial charge in [-0.05, 0) is 40.1 Å². The van der Waals surface area contributed by atoms with E-state index >= 15 is 0 Å². The fourth-order valence-electron chi connectivity index (χ4n) is 3.81. The van der Waals surface area contributed by atoms with Gasteiger partial charge in [-0.25, -0.2) is 0 Å². The van der Waals surface area contributed by atoms with Gasteiger partial charge in [0.15, 0.2) is 0 Å². The van der Waals surface area contributed by atoms with Gasteiger partial charge in [-0.2, -0.15) is 0 Å². The Morgan fingerprint density at radius 2 is 1.67 bits per heavy atom. The second kappa shape index (κ2) is 8.12. The zero-order chi connectivity index (χ0) is 18.5. The minimum Gasteiger partial charge on any atom is -0.489 e. The Morgan fingerprint density at radius 3 is 2.48 bits per heavy atom. The van der Waals surface area contributed by atoms with E-state index in [1.54, 1.807) is 0 Å². The van der Waals surface area contributed by atoms with Crippen LogP contribution in [-0.2, 0) is 22.5 Å². The Bertz CT molecular complexity index is 897. The molecule has 0 radical (unpaired) electrons. The number of rotatable bonds is 6. The van der Waals surface area contributed by atoms with E-state index in [0.29, 0.717) is 6.61 Å². The molecule has 0 unspecified atom stereocenters. The number of benzene rings is 3. The highest BCUT2D eigenvalue weighted by atomic mass is 16.5. The zero-order valence-corrected chi connectivity index (χ0v) is 15.8. The lowest BCUT2D eigenvalue weighted by Crippen LogP contribution is -2.40. The molecule has 3 nitrogen and oxygen atoms in total. The molecule has 0 aliphatic carbocycles. The molecule has 0 atom stereocenters. The van der Waals surface area contributed by atoms with Crippen LogP contribution in [0.1, 0.15) is 24.0 Å². The summed E-state index contributed by atoms with van der Waals surface area (Å²) in [5, 5.41) is 2.50. The Kier molecular flexibility index (Phi) is 5.42. The van der Waals surface area contributed by atoms with Gasteiger partial charge < -0.3 is 14.2 Å². The molecule has 0 spiro atoms. The summed E-state index contributed by atoms with van der Waals surface area (Å²) in [5.74, 6) is 0.902. The second-order valence-corrected chi connectivity index (χ2v) is 7.29. The minimum atomic E-state index is -0.116. The van der Waals surface area contributed by atoms with Gasteiger partial charge in [0.05, 0.1) is 5.60 Å². The highest BCUT2D eigenvalue weighted by Gasteiger charge is 2.32. The summed E-state index contributed by atoms with van der Waals surface area (Å²) in [4.78, 5) is 0. The lowest BCUT2D eigenvalue weighted by atomic mass is 9.87. The highest BCUT2D eigenvalue weighted by Crippen LogP contribution is 2.30.